The van der Waals surface area contributed by atoms with Crippen molar-refractivity contribution in [2.24, 2.45) is 0 Å². The van der Waals surface area contributed by atoms with Crippen LogP contribution in [0.2, 0.25) is 0 Å². The number of aromatic nitrogens is 3. The topological polar surface area (TPSA) is 59.8 Å². The average Bonchev–Trinajstić information content (AvgIpc) is 2.89. The third-order valence-electron chi connectivity index (χ3n) is 2.94. The first kappa shape index (κ1) is 16.8. The molecule has 1 heterocycles. The molecule has 0 bridgehead atoms. The molecule has 0 spiro atoms. The van der Waals surface area contributed by atoms with Gasteiger partial charge in [-0.2, -0.15) is 0 Å². The van der Waals surface area contributed by atoms with Gasteiger partial charge in [-0.25, -0.2) is 0 Å². The van der Waals surface area contributed by atoms with Gasteiger partial charge in [0.05, 0.1) is 10.9 Å². The van der Waals surface area contributed by atoms with Crippen LogP contribution in [0.5, 0.6) is 0 Å². The zero-order valence-electron chi connectivity index (χ0n) is 12.4. The van der Waals surface area contributed by atoms with Crippen molar-refractivity contribution in [3.63, 3.8) is 0 Å². The molecule has 0 unspecified atom stereocenters. The molecular formula is C15H17BrN4OS. The van der Waals surface area contributed by atoms with Crippen LogP contribution in [0.1, 0.15) is 12.5 Å². The van der Waals surface area contributed by atoms with Crippen LogP contribution < -0.4 is 5.32 Å². The highest BCUT2D eigenvalue weighted by molar-refractivity contribution is 9.10. The number of hydrogen-bond acceptors (Lipinski definition) is 4. The number of nitrogens with one attached hydrogen (secondary N) is 1. The SMILES string of the molecule is C=CCn1cnnc1S[C@H](C)C(=O)Nc1ccc(C)cc1Br. The summed E-state index contributed by atoms with van der Waals surface area (Å²) in [7, 11) is 0. The van der Waals surface area contributed by atoms with Crippen LogP contribution in [-0.4, -0.2) is 25.9 Å². The summed E-state index contributed by atoms with van der Waals surface area (Å²) in [5.74, 6) is -0.0808. The number of allylic oxidation sites excluding steroid dienone is 1. The highest BCUT2D eigenvalue weighted by Gasteiger charge is 2.18. The fourth-order valence-corrected chi connectivity index (χ4v) is 3.19. The van der Waals surface area contributed by atoms with Crippen LogP contribution in [0, 0.1) is 6.92 Å². The van der Waals surface area contributed by atoms with Crippen LogP contribution >= 0.6 is 27.7 Å². The van der Waals surface area contributed by atoms with Crippen molar-refractivity contribution in [1.29, 1.82) is 0 Å². The molecule has 2 rings (SSSR count). The number of rotatable bonds is 6. The van der Waals surface area contributed by atoms with Gasteiger partial charge in [-0.05, 0) is 47.5 Å². The maximum absolute atomic E-state index is 12.3. The summed E-state index contributed by atoms with van der Waals surface area (Å²) < 4.78 is 2.72. The molecule has 0 aliphatic rings. The smallest absolute Gasteiger partial charge is 0.237 e. The lowest BCUT2D eigenvalue weighted by molar-refractivity contribution is -0.115. The molecule has 1 N–H and O–H groups in total. The Labute approximate surface area is 142 Å². The van der Waals surface area contributed by atoms with E-state index in [2.05, 4.69) is 38.0 Å². The number of aryl methyl sites for hydroxylation is 1. The lowest BCUT2D eigenvalue weighted by Crippen LogP contribution is -2.23. The molecule has 116 valence electrons. The number of carbonyl (C=O) groups excluding carboxylic acids is 1. The Morgan fingerprint density at radius 3 is 3.05 bits per heavy atom. The Morgan fingerprint density at radius 2 is 2.36 bits per heavy atom. The van der Waals surface area contributed by atoms with Gasteiger partial charge in [0.1, 0.15) is 6.33 Å². The molecule has 1 atom stereocenters. The lowest BCUT2D eigenvalue weighted by Gasteiger charge is -2.13. The maximum atomic E-state index is 12.3. The van der Waals surface area contributed by atoms with E-state index in [1.54, 1.807) is 12.4 Å². The number of hydrogen-bond donors (Lipinski definition) is 1. The Morgan fingerprint density at radius 1 is 1.59 bits per heavy atom. The van der Waals surface area contributed by atoms with Crippen molar-refractivity contribution in [2.45, 2.75) is 30.8 Å². The van der Waals surface area contributed by atoms with Gasteiger partial charge >= 0.3 is 0 Å². The molecule has 1 aromatic carbocycles. The van der Waals surface area contributed by atoms with Crippen LogP contribution in [-0.2, 0) is 11.3 Å². The fraction of sp³-hybridized carbons (Fsp3) is 0.267. The van der Waals surface area contributed by atoms with Crippen LogP contribution in [0.25, 0.3) is 0 Å². The molecule has 1 amide bonds. The predicted octanol–water partition coefficient (Wildman–Crippen LogP) is 3.65. The Kier molecular flexibility index (Phi) is 5.79. The summed E-state index contributed by atoms with van der Waals surface area (Å²) in [4.78, 5) is 12.3. The number of halogens is 1. The van der Waals surface area contributed by atoms with E-state index in [1.165, 1.54) is 11.8 Å². The summed E-state index contributed by atoms with van der Waals surface area (Å²) in [6, 6.07) is 5.81. The summed E-state index contributed by atoms with van der Waals surface area (Å²) in [6.07, 6.45) is 3.40. The van der Waals surface area contributed by atoms with Crippen molar-refractivity contribution in [2.75, 3.05) is 5.32 Å². The number of benzene rings is 1. The van der Waals surface area contributed by atoms with E-state index in [1.807, 2.05) is 36.6 Å². The monoisotopic (exact) mass is 380 g/mol. The zero-order chi connectivity index (χ0) is 16.1. The summed E-state index contributed by atoms with van der Waals surface area (Å²) >= 11 is 4.83. The minimum absolute atomic E-state index is 0.0808. The quantitative estimate of drug-likeness (QED) is 0.613. The average molecular weight is 381 g/mol. The molecule has 0 aliphatic heterocycles. The molecule has 0 saturated carbocycles. The third kappa shape index (κ3) is 4.20. The summed E-state index contributed by atoms with van der Waals surface area (Å²) in [6.45, 7) is 8.16. The molecule has 0 saturated heterocycles. The molecule has 22 heavy (non-hydrogen) atoms. The van der Waals surface area contributed by atoms with Gasteiger partial charge < -0.3 is 9.88 Å². The van der Waals surface area contributed by atoms with E-state index in [0.717, 1.165) is 15.7 Å². The van der Waals surface area contributed by atoms with Crippen molar-refractivity contribution in [3.8, 4) is 0 Å². The van der Waals surface area contributed by atoms with Crippen LogP contribution in [0.15, 0.2) is 46.8 Å². The van der Waals surface area contributed by atoms with E-state index in [-0.39, 0.29) is 11.2 Å². The molecule has 0 fully saturated rings. The zero-order valence-corrected chi connectivity index (χ0v) is 14.8. The van der Waals surface area contributed by atoms with E-state index in [9.17, 15) is 4.79 Å². The largest absolute Gasteiger partial charge is 0.324 e. The maximum Gasteiger partial charge on any atom is 0.237 e. The predicted molar refractivity (Wildman–Crippen MR) is 93.0 cm³/mol. The van der Waals surface area contributed by atoms with E-state index in [4.69, 9.17) is 0 Å². The number of thioether (sulfide) groups is 1. The van der Waals surface area contributed by atoms with Gasteiger partial charge in [-0.1, -0.05) is 23.9 Å². The normalized spacial score (nSPS) is 12.0. The molecule has 7 heteroatoms. The summed E-state index contributed by atoms with van der Waals surface area (Å²) in [5, 5.41) is 11.2. The molecule has 5 nitrogen and oxygen atoms in total. The van der Waals surface area contributed by atoms with Gasteiger partial charge in [0.2, 0.25) is 5.91 Å². The lowest BCUT2D eigenvalue weighted by atomic mass is 10.2. The molecule has 0 aliphatic carbocycles. The van der Waals surface area contributed by atoms with Crippen molar-refractivity contribution in [3.05, 3.63) is 47.2 Å². The van der Waals surface area contributed by atoms with Gasteiger partial charge in [0.15, 0.2) is 5.16 Å². The highest BCUT2D eigenvalue weighted by Crippen LogP contribution is 2.26. The third-order valence-corrected chi connectivity index (χ3v) is 4.69. The molecular weight excluding hydrogens is 364 g/mol. The van der Waals surface area contributed by atoms with Gasteiger partial charge in [0, 0.05) is 11.0 Å². The summed E-state index contributed by atoms with van der Waals surface area (Å²) in [5.41, 5.74) is 1.89. The van der Waals surface area contributed by atoms with Crippen molar-refractivity contribution in [1.82, 2.24) is 14.8 Å². The van der Waals surface area contributed by atoms with Gasteiger partial charge in [-0.15, -0.1) is 16.8 Å². The first-order valence-electron chi connectivity index (χ1n) is 6.73. The van der Waals surface area contributed by atoms with E-state index >= 15 is 0 Å². The fourth-order valence-electron chi connectivity index (χ4n) is 1.77. The number of amides is 1. The molecule has 1 aromatic heterocycles. The first-order valence-corrected chi connectivity index (χ1v) is 8.41. The Hall–Kier alpha value is -1.60. The number of anilines is 1. The number of carbonyl (C=O) groups is 1. The second-order valence-electron chi connectivity index (χ2n) is 4.79. The van der Waals surface area contributed by atoms with E-state index in [0.29, 0.717) is 11.7 Å². The van der Waals surface area contributed by atoms with Gasteiger partial charge in [-0.3, -0.25) is 4.79 Å². The van der Waals surface area contributed by atoms with Crippen LogP contribution in [0.3, 0.4) is 0 Å². The van der Waals surface area contributed by atoms with Crippen LogP contribution in [0.4, 0.5) is 5.69 Å². The first-order chi connectivity index (χ1) is 10.5. The highest BCUT2D eigenvalue weighted by atomic mass is 79.9. The molecule has 0 radical (unpaired) electrons. The minimum atomic E-state index is -0.291. The minimum Gasteiger partial charge on any atom is -0.324 e. The second-order valence-corrected chi connectivity index (χ2v) is 6.95. The van der Waals surface area contributed by atoms with Gasteiger partial charge in [0.25, 0.3) is 0 Å². The van der Waals surface area contributed by atoms with Crippen molar-refractivity contribution < 1.29 is 4.79 Å². The second kappa shape index (κ2) is 7.60. The van der Waals surface area contributed by atoms with Crippen molar-refractivity contribution >= 4 is 39.3 Å². The molecule has 2 aromatic rings. The standard InChI is InChI=1S/C15H17BrN4OS/c1-4-7-20-9-17-19-15(20)22-11(3)14(21)18-13-6-5-10(2)8-12(13)16/h4-6,8-9,11H,1,7H2,2-3H3,(H,18,21)/t11-/m1/s1. The Balaban J connectivity index is 2.02. The van der Waals surface area contributed by atoms with E-state index < -0.39 is 0 Å². The number of nitrogens with zero attached hydrogens (tertiary/aromatic N) is 3. The Bertz CT molecular complexity index is 686.